The van der Waals surface area contributed by atoms with Crippen LogP contribution in [0.5, 0.6) is 5.75 Å². The molecule has 4 fully saturated rings. The molecule has 5 aliphatic rings. The highest BCUT2D eigenvalue weighted by Gasteiger charge is 2.68. The van der Waals surface area contributed by atoms with Gasteiger partial charge < -0.3 is 5.11 Å². The van der Waals surface area contributed by atoms with E-state index < -0.39 is 52.6 Å². The van der Waals surface area contributed by atoms with E-state index in [1.165, 1.54) is 22.6 Å². The van der Waals surface area contributed by atoms with Gasteiger partial charge in [-0.2, -0.15) is 0 Å². The normalized spacial score (nSPS) is 30.0. The summed E-state index contributed by atoms with van der Waals surface area (Å²) >= 11 is 9.62. The van der Waals surface area contributed by atoms with Gasteiger partial charge in [-0.15, -0.1) is 0 Å². The number of amides is 4. The van der Waals surface area contributed by atoms with Gasteiger partial charge in [-0.1, -0.05) is 69.5 Å². The molecule has 3 aromatic carbocycles. The zero-order valence-electron chi connectivity index (χ0n) is 27.4. The first-order valence-corrected chi connectivity index (χ1v) is 18.3. The van der Waals surface area contributed by atoms with Crippen LogP contribution in [0.4, 0.5) is 10.1 Å². The molecule has 1 N–H and O–H groups in total. The average molecular weight is 761 g/mol. The summed E-state index contributed by atoms with van der Waals surface area (Å²) in [6.07, 6.45) is 3.87. The molecule has 3 aromatic rings. The number of halogens is 3. The monoisotopic (exact) mass is 759 g/mol. The molecule has 6 atom stereocenters. The number of imide groups is 2. The van der Waals surface area contributed by atoms with Crippen molar-refractivity contribution in [3.8, 4) is 5.75 Å². The number of phenolic OH excluding ortho intramolecular Hbond substituents is 1. The third-order valence-electron chi connectivity index (χ3n) is 11.9. The summed E-state index contributed by atoms with van der Waals surface area (Å²) in [6.45, 7) is 4.09. The Morgan fingerprint density at radius 1 is 0.940 bits per heavy atom. The predicted molar refractivity (Wildman–Crippen MR) is 188 cm³/mol. The first kappa shape index (κ1) is 33.3. The minimum absolute atomic E-state index is 0.0388. The number of benzene rings is 3. The Labute approximate surface area is 303 Å². The number of hydrogen-bond acceptors (Lipinski definition) is 6. The highest BCUT2D eigenvalue weighted by molar-refractivity contribution is 9.10. The fraction of sp³-hybridized carbons (Fsp3) is 0.385. The maximum absolute atomic E-state index is 14.6. The molecule has 0 bridgehead atoms. The minimum atomic E-state index is -1.34. The van der Waals surface area contributed by atoms with Crippen molar-refractivity contribution in [3.05, 3.63) is 105 Å². The third kappa shape index (κ3) is 5.08. The Morgan fingerprint density at radius 3 is 2.40 bits per heavy atom. The lowest BCUT2D eigenvalue weighted by Gasteiger charge is -2.49. The van der Waals surface area contributed by atoms with E-state index in [0.717, 1.165) is 36.2 Å². The number of nitrogens with zero attached hydrogens (tertiary/aromatic N) is 3. The molecular formula is C39H36BrClFN3O5. The average Bonchev–Trinajstić information content (AvgIpc) is 3.47. The first-order chi connectivity index (χ1) is 24.0. The fourth-order valence-electron chi connectivity index (χ4n) is 9.55. The van der Waals surface area contributed by atoms with Gasteiger partial charge in [0.05, 0.1) is 33.9 Å². The highest BCUT2D eigenvalue weighted by Crippen LogP contribution is 2.64. The van der Waals surface area contributed by atoms with Gasteiger partial charge in [-0.05, 0) is 80.5 Å². The van der Waals surface area contributed by atoms with Crippen LogP contribution in [0.15, 0.2) is 82.9 Å². The zero-order chi connectivity index (χ0) is 35.1. The molecule has 3 aliphatic heterocycles. The van der Waals surface area contributed by atoms with Crippen LogP contribution >= 0.6 is 27.5 Å². The van der Waals surface area contributed by atoms with Gasteiger partial charge in [0.1, 0.15) is 11.6 Å². The number of fused-ring (bicyclic) bond motifs is 4. The molecule has 0 spiro atoms. The number of hydrogen-bond donors (Lipinski definition) is 1. The van der Waals surface area contributed by atoms with E-state index in [1.54, 1.807) is 25.1 Å². The van der Waals surface area contributed by atoms with Crippen LogP contribution in [-0.4, -0.2) is 57.7 Å². The maximum Gasteiger partial charge on any atom is 0.241 e. The summed E-state index contributed by atoms with van der Waals surface area (Å²) in [7, 11) is 0. The molecule has 8 nitrogen and oxygen atoms in total. The van der Waals surface area contributed by atoms with Crippen molar-refractivity contribution < 1.29 is 28.7 Å². The van der Waals surface area contributed by atoms with E-state index in [4.69, 9.17) is 11.6 Å². The van der Waals surface area contributed by atoms with E-state index in [1.807, 2.05) is 24.3 Å². The van der Waals surface area contributed by atoms with E-state index in [9.17, 15) is 28.7 Å². The first-order valence-electron chi connectivity index (χ1n) is 17.1. The number of carbonyl (C=O) groups excluding carboxylic acids is 4. The Balaban J connectivity index is 1.14. The number of allylic oxidation sites excluding steroid dienone is 2. The van der Waals surface area contributed by atoms with Crippen LogP contribution in [0, 0.1) is 34.9 Å². The second kappa shape index (κ2) is 12.4. The van der Waals surface area contributed by atoms with Crippen molar-refractivity contribution in [2.75, 3.05) is 18.0 Å². The van der Waals surface area contributed by atoms with Crippen LogP contribution in [0.25, 0.3) is 0 Å². The van der Waals surface area contributed by atoms with E-state index >= 15 is 0 Å². The number of carbonyl (C=O) groups is 4. The van der Waals surface area contributed by atoms with Gasteiger partial charge in [-0.25, -0.2) is 9.29 Å². The SMILES string of the molecule is CC12C(=O)N(c3ccc(F)c(Cl)c3)C(=O)C1CC1C(=CCC3C(=O)N(C4CCN(Cc5ccccc5)CC4)C(=O)C31)C2c1cc(Br)ccc1O. The largest absolute Gasteiger partial charge is 0.508 e. The number of anilines is 1. The highest BCUT2D eigenvalue weighted by atomic mass is 79.9. The smallest absolute Gasteiger partial charge is 0.241 e. The van der Waals surface area contributed by atoms with Crippen LogP contribution in [0.3, 0.4) is 0 Å². The minimum Gasteiger partial charge on any atom is -0.508 e. The van der Waals surface area contributed by atoms with E-state index in [2.05, 4.69) is 33.0 Å². The molecule has 8 rings (SSSR count). The lowest BCUT2D eigenvalue weighted by molar-refractivity contribution is -0.144. The molecule has 3 heterocycles. The van der Waals surface area contributed by atoms with Crippen molar-refractivity contribution in [1.29, 1.82) is 0 Å². The zero-order valence-corrected chi connectivity index (χ0v) is 29.7. The number of phenols is 1. The quantitative estimate of drug-likeness (QED) is 0.226. The molecule has 0 aromatic heterocycles. The summed E-state index contributed by atoms with van der Waals surface area (Å²) < 4.78 is 14.8. The Bertz CT molecular complexity index is 1970. The second-order valence-corrected chi connectivity index (χ2v) is 15.8. The van der Waals surface area contributed by atoms with Crippen molar-refractivity contribution in [3.63, 3.8) is 0 Å². The summed E-state index contributed by atoms with van der Waals surface area (Å²) in [5, 5.41) is 11.1. The second-order valence-electron chi connectivity index (χ2n) is 14.5. The van der Waals surface area contributed by atoms with Gasteiger partial charge in [0, 0.05) is 41.6 Å². The molecule has 50 heavy (non-hydrogen) atoms. The Hall–Kier alpha value is -3.86. The summed E-state index contributed by atoms with van der Waals surface area (Å²) in [5.74, 6) is -5.41. The predicted octanol–water partition coefficient (Wildman–Crippen LogP) is 6.84. The lowest BCUT2D eigenvalue weighted by atomic mass is 9.51. The molecule has 0 radical (unpaired) electrons. The van der Waals surface area contributed by atoms with Crippen LogP contribution in [-0.2, 0) is 25.7 Å². The molecule has 3 saturated heterocycles. The third-order valence-corrected chi connectivity index (χ3v) is 12.7. The maximum atomic E-state index is 14.6. The lowest BCUT2D eigenvalue weighted by Crippen LogP contribution is -2.49. The molecular weight excluding hydrogens is 725 g/mol. The van der Waals surface area contributed by atoms with Gasteiger partial charge in [-0.3, -0.25) is 29.0 Å². The topological polar surface area (TPSA) is 98.2 Å². The molecule has 2 aliphatic carbocycles. The molecule has 6 unspecified atom stereocenters. The number of piperidine rings is 1. The van der Waals surface area contributed by atoms with Crippen molar-refractivity contribution in [1.82, 2.24) is 9.80 Å². The van der Waals surface area contributed by atoms with Crippen molar-refractivity contribution >= 4 is 56.8 Å². The summed E-state index contributed by atoms with van der Waals surface area (Å²) in [6, 6.07) is 18.8. The molecule has 4 amide bonds. The number of rotatable bonds is 5. The molecule has 1 saturated carbocycles. The molecule has 258 valence electrons. The van der Waals surface area contributed by atoms with Crippen molar-refractivity contribution in [2.45, 2.75) is 51.1 Å². The van der Waals surface area contributed by atoms with E-state index in [-0.39, 0.29) is 40.7 Å². The fourth-order valence-corrected chi connectivity index (χ4v) is 10.1. The van der Waals surface area contributed by atoms with Gasteiger partial charge in [0.15, 0.2) is 0 Å². The summed E-state index contributed by atoms with van der Waals surface area (Å²) in [5.41, 5.74) is 1.29. The Morgan fingerprint density at radius 2 is 1.68 bits per heavy atom. The standard InChI is InChI=1S/C39H36BrClFN3O5/c1-39-29(36(48)45(38(39)50)24-8-11-31(42)30(41)18-24)19-27-25(34(39)28-17-22(40)7-12-32(28)46)9-10-26-33(27)37(49)44(35(26)47)23-13-15-43(16-14-23)20-21-5-3-2-4-6-21/h2-9,11-12,17-18,23,26-27,29,33-34,46H,10,13-16,19-20H2,1H3. The van der Waals surface area contributed by atoms with Gasteiger partial charge >= 0.3 is 0 Å². The summed E-state index contributed by atoms with van der Waals surface area (Å²) in [4.78, 5) is 62.5. The molecule has 11 heteroatoms. The van der Waals surface area contributed by atoms with Crippen LogP contribution in [0.2, 0.25) is 5.02 Å². The number of aromatic hydroxyl groups is 1. The number of likely N-dealkylation sites (tertiary alicyclic amines) is 2. The van der Waals surface area contributed by atoms with Crippen LogP contribution < -0.4 is 4.90 Å². The Kier molecular flexibility index (Phi) is 8.27. The van der Waals surface area contributed by atoms with Crippen LogP contribution in [0.1, 0.15) is 49.7 Å². The van der Waals surface area contributed by atoms with Gasteiger partial charge in [0.25, 0.3) is 0 Å². The van der Waals surface area contributed by atoms with E-state index in [0.29, 0.717) is 29.3 Å². The van der Waals surface area contributed by atoms with Gasteiger partial charge in [0.2, 0.25) is 23.6 Å². The van der Waals surface area contributed by atoms with Crippen molar-refractivity contribution in [2.24, 2.45) is 29.1 Å².